The number of anilines is 1. The van der Waals surface area contributed by atoms with E-state index in [2.05, 4.69) is 15.3 Å². The van der Waals surface area contributed by atoms with E-state index in [0.29, 0.717) is 11.3 Å². The number of nitrogens with one attached hydrogen (secondary N) is 1. The van der Waals surface area contributed by atoms with Crippen molar-refractivity contribution in [3.63, 3.8) is 0 Å². The molecule has 0 aliphatic rings. The topological polar surface area (TPSA) is 54.9 Å². The smallest absolute Gasteiger partial charge is 0.257 e. The van der Waals surface area contributed by atoms with Crippen LogP contribution in [-0.4, -0.2) is 15.9 Å². The highest BCUT2D eigenvalue weighted by Gasteiger charge is 2.10. The number of fused-ring (bicyclic) bond motifs is 1. The molecule has 2 aromatic heterocycles. The number of carbonyl (C=O) groups is 1. The summed E-state index contributed by atoms with van der Waals surface area (Å²) in [5.41, 5.74) is 1.28. The van der Waals surface area contributed by atoms with E-state index in [4.69, 9.17) is 0 Å². The summed E-state index contributed by atoms with van der Waals surface area (Å²) in [6, 6.07) is 11.2. The van der Waals surface area contributed by atoms with Gasteiger partial charge in [-0.25, -0.2) is 0 Å². The molecule has 19 heavy (non-hydrogen) atoms. The standard InChI is InChI=1S/C15H11N3O/c19-15(18-12-5-7-16-8-6-12)14-10-17-9-11-3-1-2-4-13(11)14/h1-10H,(H,16,18,19). The Morgan fingerprint density at radius 2 is 1.74 bits per heavy atom. The monoisotopic (exact) mass is 249 g/mol. The Hall–Kier alpha value is -2.75. The molecule has 0 atom stereocenters. The van der Waals surface area contributed by atoms with Crippen LogP contribution in [0.3, 0.4) is 0 Å². The fraction of sp³-hybridized carbons (Fsp3) is 0. The molecular formula is C15H11N3O. The first kappa shape index (κ1) is 11.3. The fourth-order valence-electron chi connectivity index (χ4n) is 1.93. The van der Waals surface area contributed by atoms with Gasteiger partial charge in [0.2, 0.25) is 0 Å². The predicted molar refractivity (Wildman–Crippen MR) is 73.9 cm³/mol. The Balaban J connectivity index is 1.98. The van der Waals surface area contributed by atoms with Crippen LogP contribution in [0, 0.1) is 0 Å². The molecule has 0 saturated heterocycles. The summed E-state index contributed by atoms with van der Waals surface area (Å²) < 4.78 is 0. The van der Waals surface area contributed by atoms with E-state index < -0.39 is 0 Å². The minimum atomic E-state index is -0.171. The third kappa shape index (κ3) is 2.28. The Morgan fingerprint density at radius 1 is 0.947 bits per heavy atom. The van der Waals surface area contributed by atoms with E-state index in [1.54, 1.807) is 36.9 Å². The average molecular weight is 249 g/mol. The van der Waals surface area contributed by atoms with Crippen LogP contribution >= 0.6 is 0 Å². The van der Waals surface area contributed by atoms with Crippen LogP contribution in [-0.2, 0) is 0 Å². The molecule has 3 rings (SSSR count). The highest BCUT2D eigenvalue weighted by Crippen LogP contribution is 2.18. The molecule has 0 radical (unpaired) electrons. The second-order valence-electron chi connectivity index (χ2n) is 4.10. The highest BCUT2D eigenvalue weighted by molar-refractivity contribution is 6.12. The molecular weight excluding hydrogens is 238 g/mol. The zero-order chi connectivity index (χ0) is 13.1. The van der Waals surface area contributed by atoms with Gasteiger partial charge < -0.3 is 5.32 Å². The maximum absolute atomic E-state index is 12.3. The molecule has 0 unspecified atom stereocenters. The summed E-state index contributed by atoms with van der Waals surface area (Å²) in [7, 11) is 0. The molecule has 4 heteroatoms. The number of pyridine rings is 2. The van der Waals surface area contributed by atoms with Crippen LogP contribution < -0.4 is 5.32 Å². The van der Waals surface area contributed by atoms with E-state index in [0.717, 1.165) is 10.8 Å². The molecule has 1 N–H and O–H groups in total. The molecule has 4 nitrogen and oxygen atoms in total. The SMILES string of the molecule is O=C(Nc1ccncc1)c1cncc2ccccc12. The molecule has 0 saturated carbocycles. The number of hydrogen-bond acceptors (Lipinski definition) is 3. The summed E-state index contributed by atoms with van der Waals surface area (Å²) in [4.78, 5) is 20.3. The number of benzene rings is 1. The largest absolute Gasteiger partial charge is 0.322 e. The van der Waals surface area contributed by atoms with E-state index in [-0.39, 0.29) is 5.91 Å². The lowest BCUT2D eigenvalue weighted by atomic mass is 10.1. The molecule has 0 fully saturated rings. The van der Waals surface area contributed by atoms with Gasteiger partial charge in [0.15, 0.2) is 0 Å². The first-order valence-corrected chi connectivity index (χ1v) is 5.89. The lowest BCUT2D eigenvalue weighted by Crippen LogP contribution is -2.12. The van der Waals surface area contributed by atoms with Crippen LogP contribution in [0.15, 0.2) is 61.2 Å². The fourth-order valence-corrected chi connectivity index (χ4v) is 1.93. The lowest BCUT2D eigenvalue weighted by Gasteiger charge is -2.07. The minimum Gasteiger partial charge on any atom is -0.322 e. The normalized spacial score (nSPS) is 10.3. The molecule has 1 amide bonds. The van der Waals surface area contributed by atoms with Crippen molar-refractivity contribution < 1.29 is 4.79 Å². The first-order valence-electron chi connectivity index (χ1n) is 5.89. The molecule has 2 heterocycles. The van der Waals surface area contributed by atoms with Crippen LogP contribution in [0.5, 0.6) is 0 Å². The van der Waals surface area contributed by atoms with Crippen LogP contribution in [0.1, 0.15) is 10.4 Å². The first-order chi connectivity index (χ1) is 9.34. The second kappa shape index (κ2) is 4.86. The van der Waals surface area contributed by atoms with Crippen molar-refractivity contribution in [2.45, 2.75) is 0 Å². The Morgan fingerprint density at radius 3 is 2.58 bits per heavy atom. The molecule has 1 aromatic carbocycles. The van der Waals surface area contributed by atoms with Crippen molar-refractivity contribution in [1.29, 1.82) is 0 Å². The van der Waals surface area contributed by atoms with Gasteiger partial charge in [0.05, 0.1) is 5.56 Å². The van der Waals surface area contributed by atoms with Crippen LogP contribution in [0.25, 0.3) is 10.8 Å². The van der Waals surface area contributed by atoms with Gasteiger partial charge in [-0.3, -0.25) is 14.8 Å². The quantitative estimate of drug-likeness (QED) is 0.759. The summed E-state index contributed by atoms with van der Waals surface area (Å²) in [6.45, 7) is 0. The third-order valence-electron chi connectivity index (χ3n) is 2.85. The van der Waals surface area contributed by atoms with Gasteiger partial charge in [-0.05, 0) is 17.5 Å². The average Bonchev–Trinajstić information content (AvgIpc) is 2.47. The summed E-state index contributed by atoms with van der Waals surface area (Å²) in [6.07, 6.45) is 6.60. The molecule has 3 aromatic rings. The molecule has 0 aliphatic carbocycles. The number of nitrogens with zero attached hydrogens (tertiary/aromatic N) is 2. The van der Waals surface area contributed by atoms with Gasteiger partial charge in [-0.1, -0.05) is 24.3 Å². The molecule has 0 spiro atoms. The Kier molecular flexibility index (Phi) is 2.90. The van der Waals surface area contributed by atoms with Crippen molar-refractivity contribution in [2.75, 3.05) is 5.32 Å². The van der Waals surface area contributed by atoms with Crippen molar-refractivity contribution in [2.24, 2.45) is 0 Å². The van der Waals surface area contributed by atoms with E-state index >= 15 is 0 Å². The summed E-state index contributed by atoms with van der Waals surface area (Å²) >= 11 is 0. The second-order valence-corrected chi connectivity index (χ2v) is 4.10. The van der Waals surface area contributed by atoms with Crippen molar-refractivity contribution in [3.05, 3.63) is 66.7 Å². The zero-order valence-corrected chi connectivity index (χ0v) is 10.1. The van der Waals surface area contributed by atoms with E-state index in [9.17, 15) is 4.79 Å². The van der Waals surface area contributed by atoms with Crippen LogP contribution in [0.2, 0.25) is 0 Å². The number of hydrogen-bond donors (Lipinski definition) is 1. The van der Waals surface area contributed by atoms with Crippen molar-refractivity contribution in [1.82, 2.24) is 9.97 Å². The van der Waals surface area contributed by atoms with Gasteiger partial charge in [-0.2, -0.15) is 0 Å². The Labute approximate surface area is 110 Å². The number of carbonyl (C=O) groups excluding carboxylic acids is 1. The summed E-state index contributed by atoms with van der Waals surface area (Å²) in [5.74, 6) is -0.171. The number of rotatable bonds is 2. The van der Waals surface area contributed by atoms with Gasteiger partial charge >= 0.3 is 0 Å². The lowest BCUT2D eigenvalue weighted by molar-refractivity contribution is 0.102. The van der Waals surface area contributed by atoms with Crippen molar-refractivity contribution >= 4 is 22.4 Å². The summed E-state index contributed by atoms with van der Waals surface area (Å²) in [5, 5.41) is 4.67. The molecule has 0 bridgehead atoms. The number of aromatic nitrogens is 2. The van der Waals surface area contributed by atoms with Crippen molar-refractivity contribution in [3.8, 4) is 0 Å². The maximum atomic E-state index is 12.3. The maximum Gasteiger partial charge on any atom is 0.257 e. The van der Waals surface area contributed by atoms with Gasteiger partial charge in [0, 0.05) is 35.9 Å². The third-order valence-corrected chi connectivity index (χ3v) is 2.85. The molecule has 0 aliphatic heterocycles. The van der Waals surface area contributed by atoms with Gasteiger partial charge in [0.1, 0.15) is 0 Å². The highest BCUT2D eigenvalue weighted by atomic mass is 16.1. The predicted octanol–water partition coefficient (Wildman–Crippen LogP) is 2.88. The van der Waals surface area contributed by atoms with E-state index in [1.165, 1.54) is 0 Å². The Bertz CT molecular complexity index is 720. The minimum absolute atomic E-state index is 0.171. The van der Waals surface area contributed by atoms with E-state index in [1.807, 2.05) is 24.3 Å². The zero-order valence-electron chi connectivity index (χ0n) is 10.1. The number of amides is 1. The van der Waals surface area contributed by atoms with Gasteiger partial charge in [-0.15, -0.1) is 0 Å². The van der Waals surface area contributed by atoms with Crippen LogP contribution in [0.4, 0.5) is 5.69 Å². The van der Waals surface area contributed by atoms with Gasteiger partial charge in [0.25, 0.3) is 5.91 Å². The molecule has 92 valence electrons.